The lowest BCUT2D eigenvalue weighted by molar-refractivity contribution is 1.61. The second kappa shape index (κ2) is 6.44. The summed E-state index contributed by atoms with van der Waals surface area (Å²) in [7, 11) is 0. The summed E-state index contributed by atoms with van der Waals surface area (Å²) in [6, 6.07) is 28.5. The first-order valence-corrected chi connectivity index (χ1v) is 11.8. The molecule has 134 valence electrons. The minimum atomic E-state index is 1.13. The van der Waals surface area contributed by atoms with E-state index in [1.807, 2.05) is 22.7 Å². The number of halogens is 1. The quantitative estimate of drug-likeness (QED) is 0.231. The summed E-state index contributed by atoms with van der Waals surface area (Å²) < 4.78 is 6.69. The van der Waals surface area contributed by atoms with E-state index in [4.69, 9.17) is 0 Å². The van der Waals surface area contributed by atoms with Crippen LogP contribution < -0.4 is 5.32 Å². The number of thiophene rings is 2. The summed E-state index contributed by atoms with van der Waals surface area (Å²) in [5.74, 6) is 0. The van der Waals surface area contributed by atoms with Crippen molar-refractivity contribution >= 4 is 97.0 Å². The molecule has 0 atom stereocenters. The third kappa shape index (κ3) is 2.63. The molecule has 0 aliphatic heterocycles. The van der Waals surface area contributed by atoms with Crippen molar-refractivity contribution in [3.63, 3.8) is 0 Å². The Kier molecular flexibility index (Phi) is 3.86. The molecular formula is C24H14INS2. The third-order valence-electron chi connectivity index (χ3n) is 5.12. The lowest BCUT2D eigenvalue weighted by Crippen LogP contribution is -1.89. The molecule has 4 heteroatoms. The summed E-state index contributed by atoms with van der Waals surface area (Å²) in [5.41, 5.74) is 2.27. The molecule has 0 saturated heterocycles. The van der Waals surface area contributed by atoms with E-state index < -0.39 is 0 Å². The van der Waals surface area contributed by atoms with E-state index in [0.717, 1.165) is 11.4 Å². The van der Waals surface area contributed by atoms with Crippen LogP contribution in [0.4, 0.5) is 11.4 Å². The molecule has 6 aromatic rings. The minimum Gasteiger partial charge on any atom is -0.355 e. The number of anilines is 2. The number of benzene rings is 4. The van der Waals surface area contributed by atoms with Crippen LogP contribution in [-0.2, 0) is 0 Å². The molecule has 2 heterocycles. The van der Waals surface area contributed by atoms with Gasteiger partial charge < -0.3 is 5.32 Å². The lowest BCUT2D eigenvalue weighted by atomic mass is 10.1. The highest BCUT2D eigenvalue weighted by molar-refractivity contribution is 14.1. The fourth-order valence-electron chi connectivity index (χ4n) is 3.81. The van der Waals surface area contributed by atoms with Crippen molar-refractivity contribution in [2.75, 3.05) is 5.32 Å². The number of hydrogen-bond acceptors (Lipinski definition) is 3. The predicted octanol–water partition coefficient (Wildman–Crippen LogP) is 8.77. The lowest BCUT2D eigenvalue weighted by Gasteiger charge is -2.07. The summed E-state index contributed by atoms with van der Waals surface area (Å²) in [5, 5.41) is 8.97. The number of nitrogens with one attached hydrogen (secondary N) is 1. The minimum absolute atomic E-state index is 1.13. The van der Waals surface area contributed by atoms with E-state index in [-0.39, 0.29) is 0 Å². The van der Waals surface area contributed by atoms with Crippen molar-refractivity contribution in [3.8, 4) is 0 Å². The molecule has 0 bridgehead atoms. The van der Waals surface area contributed by atoms with Crippen molar-refractivity contribution in [1.29, 1.82) is 0 Å². The fourth-order valence-corrected chi connectivity index (χ4v) is 6.93. The van der Waals surface area contributed by atoms with Crippen LogP contribution in [-0.4, -0.2) is 0 Å². The van der Waals surface area contributed by atoms with Crippen molar-refractivity contribution in [2.24, 2.45) is 0 Å². The maximum Gasteiger partial charge on any atom is 0.0488 e. The van der Waals surface area contributed by atoms with Gasteiger partial charge in [-0.3, -0.25) is 0 Å². The monoisotopic (exact) mass is 507 g/mol. The molecule has 0 spiro atoms. The van der Waals surface area contributed by atoms with Gasteiger partial charge in [-0.15, -0.1) is 22.7 Å². The molecule has 28 heavy (non-hydrogen) atoms. The molecule has 0 fully saturated rings. The molecule has 4 aromatic carbocycles. The van der Waals surface area contributed by atoms with E-state index in [0.29, 0.717) is 0 Å². The molecule has 6 rings (SSSR count). The van der Waals surface area contributed by atoms with Gasteiger partial charge in [0.05, 0.1) is 0 Å². The third-order valence-corrected chi connectivity index (χ3v) is 8.72. The Labute approximate surface area is 183 Å². The average Bonchev–Trinajstić information content (AvgIpc) is 3.26. The maximum atomic E-state index is 3.60. The van der Waals surface area contributed by atoms with E-state index in [1.165, 1.54) is 43.9 Å². The van der Waals surface area contributed by atoms with Crippen molar-refractivity contribution in [2.45, 2.75) is 0 Å². The highest BCUT2D eigenvalue weighted by Crippen LogP contribution is 2.39. The van der Waals surface area contributed by atoms with Crippen LogP contribution in [0.25, 0.3) is 40.3 Å². The number of rotatable bonds is 2. The largest absolute Gasteiger partial charge is 0.355 e. The molecule has 0 aliphatic carbocycles. The molecule has 0 saturated carbocycles. The van der Waals surface area contributed by atoms with Crippen LogP contribution >= 0.6 is 45.3 Å². The fraction of sp³-hybridized carbons (Fsp3) is 0. The van der Waals surface area contributed by atoms with Gasteiger partial charge in [0.1, 0.15) is 0 Å². The molecule has 0 radical (unpaired) electrons. The number of hydrogen-bond donors (Lipinski definition) is 1. The van der Waals surface area contributed by atoms with Crippen LogP contribution in [0.3, 0.4) is 0 Å². The zero-order chi connectivity index (χ0) is 18.7. The molecule has 0 aliphatic rings. The Morgan fingerprint density at radius 1 is 0.571 bits per heavy atom. The first kappa shape index (κ1) is 16.8. The summed E-state index contributed by atoms with van der Waals surface area (Å²) in [6.45, 7) is 0. The Hall–Kier alpha value is -2.15. The summed E-state index contributed by atoms with van der Waals surface area (Å²) >= 11 is 6.16. The molecule has 1 N–H and O–H groups in total. The smallest absolute Gasteiger partial charge is 0.0488 e. The van der Waals surface area contributed by atoms with Gasteiger partial charge in [-0.05, 0) is 59.0 Å². The average molecular weight is 507 g/mol. The molecule has 1 nitrogen and oxygen atoms in total. The molecule has 0 amide bonds. The van der Waals surface area contributed by atoms with Gasteiger partial charge in [0.15, 0.2) is 0 Å². The van der Waals surface area contributed by atoms with E-state index in [9.17, 15) is 0 Å². The highest BCUT2D eigenvalue weighted by Gasteiger charge is 2.09. The van der Waals surface area contributed by atoms with Crippen LogP contribution in [0, 0.1) is 3.57 Å². The highest BCUT2D eigenvalue weighted by atomic mass is 127. The van der Waals surface area contributed by atoms with Crippen molar-refractivity contribution in [1.82, 2.24) is 0 Å². The van der Waals surface area contributed by atoms with Gasteiger partial charge in [-0.2, -0.15) is 0 Å². The van der Waals surface area contributed by atoms with Crippen LogP contribution in [0.1, 0.15) is 0 Å². The normalized spacial score (nSPS) is 11.8. The van der Waals surface area contributed by atoms with Crippen LogP contribution in [0.5, 0.6) is 0 Å². The Bertz CT molecular complexity index is 1510. The van der Waals surface area contributed by atoms with Crippen LogP contribution in [0.2, 0.25) is 0 Å². The second-order valence-electron chi connectivity index (χ2n) is 6.86. The SMILES string of the molecule is Ic1cccc2c1sc1cc(Nc3ccc4c(c3)sc3ccccc34)ccc12. The van der Waals surface area contributed by atoms with E-state index >= 15 is 0 Å². The standard InChI is InChI=1S/C24H14INS2/c25-20-6-3-5-19-18-11-9-15(13-23(18)28-24(19)20)26-14-8-10-17-16-4-1-2-7-21(16)27-22(17)12-14/h1-13,26H. The second-order valence-corrected chi connectivity index (χ2v) is 10.2. The molecule has 2 aromatic heterocycles. The van der Waals surface area contributed by atoms with Gasteiger partial charge >= 0.3 is 0 Å². The van der Waals surface area contributed by atoms with E-state index in [2.05, 4.69) is 107 Å². The first-order valence-electron chi connectivity index (χ1n) is 9.05. The zero-order valence-corrected chi connectivity index (χ0v) is 18.5. The molecule has 0 unspecified atom stereocenters. The van der Waals surface area contributed by atoms with E-state index in [1.54, 1.807) is 0 Å². The van der Waals surface area contributed by atoms with Crippen molar-refractivity contribution < 1.29 is 0 Å². The van der Waals surface area contributed by atoms with Crippen LogP contribution in [0.15, 0.2) is 78.9 Å². The Morgan fingerprint density at radius 2 is 1.21 bits per heavy atom. The number of fused-ring (bicyclic) bond motifs is 6. The Morgan fingerprint density at radius 3 is 2.04 bits per heavy atom. The Balaban J connectivity index is 1.42. The van der Waals surface area contributed by atoms with Crippen molar-refractivity contribution in [3.05, 3.63) is 82.4 Å². The predicted molar refractivity (Wildman–Crippen MR) is 135 cm³/mol. The first-order chi connectivity index (χ1) is 13.8. The molecular weight excluding hydrogens is 493 g/mol. The zero-order valence-electron chi connectivity index (χ0n) is 14.7. The van der Waals surface area contributed by atoms with Gasteiger partial charge in [0.25, 0.3) is 0 Å². The topological polar surface area (TPSA) is 12.0 Å². The van der Waals surface area contributed by atoms with Gasteiger partial charge in [-0.1, -0.05) is 42.5 Å². The van der Waals surface area contributed by atoms with Gasteiger partial charge in [0.2, 0.25) is 0 Å². The summed E-state index contributed by atoms with van der Waals surface area (Å²) in [4.78, 5) is 0. The van der Waals surface area contributed by atoms with Gasteiger partial charge in [0, 0.05) is 55.3 Å². The van der Waals surface area contributed by atoms with Gasteiger partial charge in [-0.25, -0.2) is 0 Å². The maximum absolute atomic E-state index is 3.60. The summed E-state index contributed by atoms with van der Waals surface area (Å²) in [6.07, 6.45) is 0.